The van der Waals surface area contributed by atoms with Gasteiger partial charge in [0.05, 0.1) is 18.6 Å². The number of rotatable bonds is 4. The third-order valence-electron chi connectivity index (χ3n) is 2.56. The Morgan fingerprint density at radius 3 is 2.62 bits per heavy atom. The maximum Gasteiger partial charge on any atom is 0.308 e. The maximum atomic E-state index is 10.5. The van der Waals surface area contributed by atoms with Gasteiger partial charge in [0.15, 0.2) is 0 Å². The Morgan fingerprint density at radius 1 is 1.46 bits per heavy atom. The van der Waals surface area contributed by atoms with Gasteiger partial charge in [0.25, 0.3) is 0 Å². The fourth-order valence-corrected chi connectivity index (χ4v) is 1.58. The average molecular weight is 186 g/mol. The van der Waals surface area contributed by atoms with Crippen LogP contribution in [0.1, 0.15) is 39.0 Å². The van der Waals surface area contributed by atoms with E-state index in [0.29, 0.717) is 12.7 Å². The van der Waals surface area contributed by atoms with Gasteiger partial charge in [-0.25, -0.2) is 0 Å². The first-order chi connectivity index (χ1) is 6.20. The van der Waals surface area contributed by atoms with E-state index in [1.54, 1.807) is 6.92 Å². The van der Waals surface area contributed by atoms with Crippen LogP contribution in [-0.2, 0) is 9.53 Å². The highest BCUT2D eigenvalue weighted by atomic mass is 16.5. The van der Waals surface area contributed by atoms with Gasteiger partial charge < -0.3 is 9.84 Å². The van der Waals surface area contributed by atoms with Gasteiger partial charge in [0.2, 0.25) is 0 Å². The molecule has 1 aliphatic carbocycles. The van der Waals surface area contributed by atoms with Crippen molar-refractivity contribution >= 4 is 5.97 Å². The minimum atomic E-state index is -0.768. The largest absolute Gasteiger partial charge is 0.481 e. The fourth-order valence-electron chi connectivity index (χ4n) is 1.58. The lowest BCUT2D eigenvalue weighted by atomic mass is 9.98. The lowest BCUT2D eigenvalue weighted by Gasteiger charge is -2.22. The van der Waals surface area contributed by atoms with Crippen LogP contribution in [0.15, 0.2) is 0 Å². The summed E-state index contributed by atoms with van der Waals surface area (Å²) in [6.45, 7) is 2.05. The van der Waals surface area contributed by atoms with Crippen molar-refractivity contribution in [1.82, 2.24) is 0 Å². The summed E-state index contributed by atoms with van der Waals surface area (Å²) in [6, 6.07) is 0. The quantitative estimate of drug-likeness (QED) is 0.731. The second-order valence-corrected chi connectivity index (χ2v) is 3.83. The van der Waals surface area contributed by atoms with Gasteiger partial charge in [0, 0.05) is 0 Å². The Balaban J connectivity index is 2.13. The molecule has 0 saturated heterocycles. The van der Waals surface area contributed by atoms with Crippen LogP contribution in [0.3, 0.4) is 0 Å². The van der Waals surface area contributed by atoms with Crippen molar-refractivity contribution < 1.29 is 14.6 Å². The van der Waals surface area contributed by atoms with Crippen molar-refractivity contribution in [2.45, 2.75) is 45.1 Å². The first-order valence-electron chi connectivity index (χ1n) is 5.04. The zero-order valence-corrected chi connectivity index (χ0v) is 8.16. The highest BCUT2D eigenvalue weighted by molar-refractivity contribution is 5.69. The monoisotopic (exact) mass is 186 g/mol. The molecule has 0 aromatic rings. The van der Waals surface area contributed by atoms with Crippen LogP contribution < -0.4 is 0 Å². The van der Waals surface area contributed by atoms with E-state index in [1.807, 2.05) is 0 Å². The number of ether oxygens (including phenoxy) is 1. The highest BCUT2D eigenvalue weighted by Crippen LogP contribution is 2.20. The predicted octanol–water partition coefficient (Wildman–Crippen LogP) is 2.06. The minimum Gasteiger partial charge on any atom is -0.481 e. The van der Waals surface area contributed by atoms with Crippen LogP contribution in [-0.4, -0.2) is 23.8 Å². The van der Waals surface area contributed by atoms with Crippen LogP contribution in [0, 0.1) is 5.92 Å². The van der Waals surface area contributed by atoms with E-state index in [4.69, 9.17) is 9.84 Å². The van der Waals surface area contributed by atoms with E-state index < -0.39 is 5.97 Å². The molecule has 0 radical (unpaired) electrons. The molecule has 1 fully saturated rings. The molecule has 1 saturated carbocycles. The second-order valence-electron chi connectivity index (χ2n) is 3.83. The Hall–Kier alpha value is -0.570. The van der Waals surface area contributed by atoms with Gasteiger partial charge in [-0.15, -0.1) is 0 Å². The summed E-state index contributed by atoms with van der Waals surface area (Å²) < 4.78 is 5.53. The van der Waals surface area contributed by atoms with Crippen molar-refractivity contribution in [3.05, 3.63) is 0 Å². The van der Waals surface area contributed by atoms with E-state index in [2.05, 4.69) is 0 Å². The number of aliphatic carboxylic acids is 1. The Kier molecular flexibility index (Phi) is 4.22. The van der Waals surface area contributed by atoms with E-state index in [-0.39, 0.29) is 5.92 Å². The lowest BCUT2D eigenvalue weighted by molar-refractivity contribution is -0.144. The van der Waals surface area contributed by atoms with Gasteiger partial charge in [-0.2, -0.15) is 0 Å². The molecule has 13 heavy (non-hydrogen) atoms. The minimum absolute atomic E-state index is 0.315. The van der Waals surface area contributed by atoms with Gasteiger partial charge >= 0.3 is 5.97 Å². The smallest absolute Gasteiger partial charge is 0.308 e. The molecule has 0 aliphatic heterocycles. The molecule has 3 heteroatoms. The van der Waals surface area contributed by atoms with Crippen LogP contribution in [0.5, 0.6) is 0 Å². The molecule has 0 bridgehead atoms. The zero-order chi connectivity index (χ0) is 9.68. The molecular weight excluding hydrogens is 168 g/mol. The van der Waals surface area contributed by atoms with Crippen molar-refractivity contribution in [3.63, 3.8) is 0 Å². The summed E-state index contributed by atoms with van der Waals surface area (Å²) in [7, 11) is 0. The van der Waals surface area contributed by atoms with Crippen molar-refractivity contribution in [2.24, 2.45) is 5.92 Å². The molecule has 76 valence electrons. The predicted molar refractivity (Wildman–Crippen MR) is 49.6 cm³/mol. The Morgan fingerprint density at radius 2 is 2.08 bits per heavy atom. The van der Waals surface area contributed by atoms with E-state index in [9.17, 15) is 4.79 Å². The van der Waals surface area contributed by atoms with E-state index >= 15 is 0 Å². The van der Waals surface area contributed by atoms with Crippen molar-refractivity contribution in [2.75, 3.05) is 6.61 Å². The molecule has 1 N–H and O–H groups in total. The molecule has 0 heterocycles. The SMILES string of the molecule is CC(COC1CCCCC1)C(=O)O. The lowest BCUT2D eigenvalue weighted by Crippen LogP contribution is -2.23. The van der Waals surface area contributed by atoms with Crippen molar-refractivity contribution in [1.29, 1.82) is 0 Å². The highest BCUT2D eigenvalue weighted by Gasteiger charge is 2.17. The number of carbonyl (C=O) groups is 1. The number of carboxylic acids is 1. The Labute approximate surface area is 79.1 Å². The molecule has 0 aromatic heterocycles. The molecule has 1 unspecified atom stereocenters. The third kappa shape index (κ3) is 3.77. The van der Waals surface area contributed by atoms with Crippen molar-refractivity contribution in [3.8, 4) is 0 Å². The van der Waals surface area contributed by atoms with E-state index in [1.165, 1.54) is 19.3 Å². The number of hydrogen-bond donors (Lipinski definition) is 1. The molecule has 1 rings (SSSR count). The third-order valence-corrected chi connectivity index (χ3v) is 2.56. The summed E-state index contributed by atoms with van der Waals surface area (Å²) in [5.74, 6) is -1.14. The second kappa shape index (κ2) is 5.22. The van der Waals surface area contributed by atoms with Crippen LogP contribution in [0.25, 0.3) is 0 Å². The number of carboxylic acid groups (broad SMARTS) is 1. The fraction of sp³-hybridized carbons (Fsp3) is 0.900. The Bertz CT molecular complexity index is 162. The molecular formula is C10H18O3. The molecule has 1 atom stereocenters. The topological polar surface area (TPSA) is 46.5 Å². The van der Waals surface area contributed by atoms with Gasteiger partial charge in [0.1, 0.15) is 0 Å². The number of hydrogen-bond acceptors (Lipinski definition) is 2. The molecule has 3 nitrogen and oxygen atoms in total. The summed E-state index contributed by atoms with van der Waals surface area (Å²) in [5.41, 5.74) is 0. The summed E-state index contributed by atoms with van der Waals surface area (Å²) in [6.07, 6.45) is 6.28. The first kappa shape index (κ1) is 10.5. The molecule has 0 spiro atoms. The van der Waals surface area contributed by atoms with Crippen LogP contribution >= 0.6 is 0 Å². The van der Waals surface area contributed by atoms with E-state index in [0.717, 1.165) is 12.8 Å². The van der Waals surface area contributed by atoms with Crippen LogP contribution in [0.2, 0.25) is 0 Å². The average Bonchev–Trinajstić information content (AvgIpc) is 2.15. The standard InChI is InChI=1S/C10H18O3/c1-8(10(11)12)7-13-9-5-3-2-4-6-9/h8-9H,2-7H2,1H3,(H,11,12). The summed E-state index contributed by atoms with van der Waals surface area (Å²) in [4.78, 5) is 10.5. The molecule has 0 aromatic carbocycles. The molecule has 0 amide bonds. The van der Waals surface area contributed by atoms with Gasteiger partial charge in [-0.05, 0) is 19.8 Å². The maximum absolute atomic E-state index is 10.5. The zero-order valence-electron chi connectivity index (χ0n) is 8.16. The van der Waals surface area contributed by atoms with Gasteiger partial charge in [-0.1, -0.05) is 19.3 Å². The normalized spacial score (nSPS) is 21.3. The summed E-state index contributed by atoms with van der Waals surface area (Å²) >= 11 is 0. The summed E-state index contributed by atoms with van der Waals surface area (Å²) in [5, 5.41) is 8.63. The van der Waals surface area contributed by atoms with Gasteiger partial charge in [-0.3, -0.25) is 4.79 Å². The van der Waals surface area contributed by atoms with Crippen LogP contribution in [0.4, 0.5) is 0 Å². The molecule has 1 aliphatic rings. The first-order valence-corrected chi connectivity index (χ1v) is 5.04.